The number of aryl methyl sites for hydroxylation is 1. The van der Waals surface area contributed by atoms with Crippen molar-refractivity contribution in [1.82, 2.24) is 0 Å². The van der Waals surface area contributed by atoms with Crippen LogP contribution in [0, 0.1) is 12.8 Å². The van der Waals surface area contributed by atoms with Crippen LogP contribution in [0.5, 0.6) is 5.75 Å². The third-order valence-corrected chi connectivity index (χ3v) is 6.25. The van der Waals surface area contributed by atoms with E-state index in [2.05, 4.69) is 17.4 Å². The number of benzene rings is 3. The molecular formula is C29H31NO4. The number of aliphatic carboxylic acids is 1. The lowest BCUT2D eigenvalue weighted by molar-refractivity contribution is -0.137. The molecule has 0 aromatic heterocycles. The molecule has 3 aromatic carbocycles. The van der Waals surface area contributed by atoms with Crippen LogP contribution in [0.4, 0.5) is 5.69 Å². The molecule has 0 heterocycles. The Hall–Kier alpha value is -3.60. The van der Waals surface area contributed by atoms with Gasteiger partial charge in [0.25, 0.3) is 0 Å². The zero-order chi connectivity index (χ0) is 24.1. The maximum atomic E-state index is 12.9. The van der Waals surface area contributed by atoms with Crippen molar-refractivity contribution < 1.29 is 19.4 Å². The number of ether oxygens (including phenoxy) is 1. The van der Waals surface area contributed by atoms with E-state index in [0.29, 0.717) is 17.4 Å². The quantitative estimate of drug-likeness (QED) is 0.375. The molecule has 1 saturated carbocycles. The minimum atomic E-state index is -0.851. The fourth-order valence-corrected chi connectivity index (χ4v) is 4.13. The summed E-state index contributed by atoms with van der Waals surface area (Å²) < 4.78 is 6.51. The summed E-state index contributed by atoms with van der Waals surface area (Å²) in [6, 6.07) is 23.6. The van der Waals surface area contributed by atoms with E-state index in [1.807, 2.05) is 74.5 Å². The molecule has 1 aliphatic rings. The maximum Gasteiger partial charge on any atom is 0.303 e. The number of hydrogen-bond acceptors (Lipinski definition) is 3. The van der Waals surface area contributed by atoms with Crippen LogP contribution in [0.3, 0.4) is 0 Å². The molecule has 34 heavy (non-hydrogen) atoms. The van der Waals surface area contributed by atoms with Crippen LogP contribution in [0.1, 0.15) is 60.5 Å². The lowest BCUT2D eigenvalue weighted by Gasteiger charge is -2.23. The Morgan fingerprint density at radius 3 is 2.35 bits per heavy atom. The summed E-state index contributed by atoms with van der Waals surface area (Å²) in [5, 5.41) is 12.2. The minimum Gasteiger partial charge on any atom is -0.483 e. The highest BCUT2D eigenvalue weighted by Gasteiger charge is 2.34. The first-order valence-electron chi connectivity index (χ1n) is 11.8. The molecule has 3 aromatic rings. The van der Waals surface area contributed by atoms with E-state index in [9.17, 15) is 14.7 Å². The smallest absolute Gasteiger partial charge is 0.303 e. The number of carboxylic acid groups (broad SMARTS) is 1. The molecule has 1 amide bonds. The zero-order valence-corrected chi connectivity index (χ0v) is 19.7. The number of carbonyl (C=O) groups excluding carboxylic acids is 1. The number of amides is 1. The van der Waals surface area contributed by atoms with Crippen LogP contribution in [0.15, 0.2) is 72.8 Å². The molecule has 1 aliphatic carbocycles. The van der Waals surface area contributed by atoms with Crippen molar-refractivity contribution in [2.75, 3.05) is 5.32 Å². The van der Waals surface area contributed by atoms with Gasteiger partial charge in [0.15, 0.2) is 0 Å². The van der Waals surface area contributed by atoms with Gasteiger partial charge in [0.2, 0.25) is 5.91 Å². The standard InChI is InChI=1S/C29H31NO4/c1-19-8-10-21(11-9-19)17-27(31)30-25-18-24(20(2)16-28(32)33)14-15-26(25)34-29(23-12-13-23)22-6-4-3-5-7-22/h3-11,14-15,18,20,23,29H,12-13,16-17H2,1-2H3,(H,30,31)(H,32,33). The highest BCUT2D eigenvalue weighted by Crippen LogP contribution is 2.45. The summed E-state index contributed by atoms with van der Waals surface area (Å²) in [6.07, 6.45) is 2.41. The van der Waals surface area contributed by atoms with E-state index in [0.717, 1.165) is 35.1 Å². The van der Waals surface area contributed by atoms with Crippen molar-refractivity contribution in [3.05, 3.63) is 95.1 Å². The van der Waals surface area contributed by atoms with E-state index in [4.69, 9.17) is 4.74 Å². The van der Waals surface area contributed by atoms with Crippen LogP contribution in [0.2, 0.25) is 0 Å². The minimum absolute atomic E-state index is 0.0195. The Kier molecular flexibility index (Phi) is 7.31. The Balaban J connectivity index is 1.59. The monoisotopic (exact) mass is 457 g/mol. The zero-order valence-electron chi connectivity index (χ0n) is 19.7. The summed E-state index contributed by atoms with van der Waals surface area (Å²) >= 11 is 0. The molecule has 0 aliphatic heterocycles. The molecule has 2 N–H and O–H groups in total. The Morgan fingerprint density at radius 1 is 1.00 bits per heavy atom. The SMILES string of the molecule is Cc1ccc(CC(=O)Nc2cc(C(C)CC(=O)O)ccc2OC(c2ccccc2)C2CC2)cc1. The van der Waals surface area contributed by atoms with E-state index in [1.54, 1.807) is 0 Å². The maximum absolute atomic E-state index is 12.9. The fourth-order valence-electron chi connectivity index (χ4n) is 4.13. The molecular weight excluding hydrogens is 426 g/mol. The third kappa shape index (κ3) is 6.25. The second kappa shape index (κ2) is 10.6. The van der Waals surface area contributed by atoms with Gasteiger partial charge in [-0.1, -0.05) is 73.2 Å². The van der Waals surface area contributed by atoms with Crippen LogP contribution in [-0.4, -0.2) is 17.0 Å². The normalized spacial score (nSPS) is 14.8. The first-order valence-corrected chi connectivity index (χ1v) is 11.8. The van der Waals surface area contributed by atoms with Crippen molar-refractivity contribution in [1.29, 1.82) is 0 Å². The lowest BCUT2D eigenvalue weighted by Crippen LogP contribution is -2.17. The number of carboxylic acids is 1. The van der Waals surface area contributed by atoms with Gasteiger partial charge in [-0.15, -0.1) is 0 Å². The molecule has 0 saturated heterocycles. The number of carbonyl (C=O) groups is 2. The van der Waals surface area contributed by atoms with Crippen molar-refractivity contribution in [3.63, 3.8) is 0 Å². The molecule has 0 bridgehead atoms. The summed E-state index contributed by atoms with van der Waals surface area (Å²) in [4.78, 5) is 24.1. The van der Waals surface area contributed by atoms with Gasteiger partial charge in [-0.05, 0) is 54.5 Å². The van der Waals surface area contributed by atoms with E-state index in [-0.39, 0.29) is 30.8 Å². The molecule has 0 spiro atoms. The van der Waals surface area contributed by atoms with Crippen LogP contribution < -0.4 is 10.1 Å². The Morgan fingerprint density at radius 2 is 1.71 bits per heavy atom. The molecule has 5 heteroatoms. The molecule has 0 radical (unpaired) electrons. The topological polar surface area (TPSA) is 75.6 Å². The van der Waals surface area contributed by atoms with E-state index >= 15 is 0 Å². The number of anilines is 1. The predicted molar refractivity (Wildman–Crippen MR) is 133 cm³/mol. The predicted octanol–water partition coefficient (Wildman–Crippen LogP) is 6.28. The highest BCUT2D eigenvalue weighted by atomic mass is 16.5. The summed E-state index contributed by atoms with van der Waals surface area (Å²) in [5.41, 5.74) is 4.62. The lowest BCUT2D eigenvalue weighted by atomic mass is 9.97. The van der Waals surface area contributed by atoms with Gasteiger partial charge >= 0.3 is 5.97 Å². The van der Waals surface area contributed by atoms with Gasteiger partial charge < -0.3 is 15.2 Å². The van der Waals surface area contributed by atoms with E-state index < -0.39 is 5.97 Å². The largest absolute Gasteiger partial charge is 0.483 e. The van der Waals surface area contributed by atoms with Crippen LogP contribution in [0.25, 0.3) is 0 Å². The molecule has 4 rings (SSSR count). The highest BCUT2D eigenvalue weighted by molar-refractivity contribution is 5.93. The van der Waals surface area contributed by atoms with Gasteiger partial charge in [0.1, 0.15) is 11.9 Å². The summed E-state index contributed by atoms with van der Waals surface area (Å²) in [7, 11) is 0. The van der Waals surface area contributed by atoms with Crippen LogP contribution in [-0.2, 0) is 16.0 Å². The Bertz CT molecular complexity index is 1140. The second-order valence-corrected chi connectivity index (χ2v) is 9.25. The molecule has 2 unspecified atom stereocenters. The average molecular weight is 458 g/mol. The second-order valence-electron chi connectivity index (χ2n) is 9.25. The summed E-state index contributed by atoms with van der Waals surface area (Å²) in [5.74, 6) is -0.129. The van der Waals surface area contributed by atoms with Crippen molar-refractivity contribution in [3.8, 4) is 5.75 Å². The number of nitrogens with one attached hydrogen (secondary N) is 1. The first kappa shape index (κ1) is 23.6. The van der Waals surface area contributed by atoms with Gasteiger partial charge in [0, 0.05) is 5.92 Å². The number of hydrogen-bond donors (Lipinski definition) is 2. The molecule has 1 fully saturated rings. The van der Waals surface area contributed by atoms with Gasteiger partial charge in [-0.3, -0.25) is 9.59 Å². The molecule has 2 atom stereocenters. The van der Waals surface area contributed by atoms with Crippen molar-refractivity contribution >= 4 is 17.6 Å². The average Bonchev–Trinajstić information content (AvgIpc) is 3.65. The van der Waals surface area contributed by atoms with Gasteiger partial charge in [-0.25, -0.2) is 0 Å². The van der Waals surface area contributed by atoms with E-state index in [1.165, 1.54) is 0 Å². The fraction of sp³-hybridized carbons (Fsp3) is 0.310. The van der Waals surface area contributed by atoms with Gasteiger partial charge in [0.05, 0.1) is 18.5 Å². The Labute approximate surface area is 200 Å². The molecule has 5 nitrogen and oxygen atoms in total. The number of rotatable bonds is 10. The van der Waals surface area contributed by atoms with Crippen molar-refractivity contribution in [2.45, 2.75) is 51.6 Å². The third-order valence-electron chi connectivity index (χ3n) is 6.25. The first-order chi connectivity index (χ1) is 16.4. The van der Waals surface area contributed by atoms with Crippen LogP contribution >= 0.6 is 0 Å². The summed E-state index contributed by atoms with van der Waals surface area (Å²) in [6.45, 7) is 3.89. The molecule has 176 valence electrons. The van der Waals surface area contributed by atoms with Gasteiger partial charge in [-0.2, -0.15) is 0 Å². The van der Waals surface area contributed by atoms with Crippen molar-refractivity contribution in [2.24, 2.45) is 5.92 Å².